The van der Waals surface area contributed by atoms with Crippen molar-refractivity contribution in [2.45, 2.75) is 32.6 Å². The lowest BCUT2D eigenvalue weighted by molar-refractivity contribution is -0.139. The first-order chi connectivity index (χ1) is 7.75. The molecule has 2 unspecified atom stereocenters. The molecule has 0 bridgehead atoms. The number of hydrogen-bond acceptors (Lipinski definition) is 3. The van der Waals surface area contributed by atoms with Crippen LogP contribution in [-0.4, -0.2) is 36.3 Å². The maximum atomic E-state index is 12.0. The molecule has 2 aliphatic rings. The minimum absolute atomic E-state index is 0.00266. The lowest BCUT2D eigenvalue weighted by atomic mass is 9.81. The molecule has 90 valence electrons. The summed E-state index contributed by atoms with van der Waals surface area (Å²) in [6.45, 7) is 4.16. The highest BCUT2D eigenvalue weighted by molar-refractivity contribution is 6.05. The van der Waals surface area contributed by atoms with E-state index in [1.54, 1.807) is 0 Å². The van der Waals surface area contributed by atoms with Gasteiger partial charge >= 0.3 is 0 Å². The summed E-state index contributed by atoms with van der Waals surface area (Å²) in [4.78, 5) is 25.5. The van der Waals surface area contributed by atoms with E-state index in [2.05, 4.69) is 5.32 Å². The lowest BCUT2D eigenvalue weighted by Gasteiger charge is -2.19. The van der Waals surface area contributed by atoms with Crippen LogP contribution in [0.1, 0.15) is 32.6 Å². The molecule has 0 spiro atoms. The predicted molar refractivity (Wildman–Crippen MR) is 60.7 cm³/mol. The molecule has 0 aromatic carbocycles. The van der Waals surface area contributed by atoms with E-state index in [0.717, 1.165) is 32.2 Å². The molecule has 2 atom stereocenters. The van der Waals surface area contributed by atoms with Gasteiger partial charge in [-0.25, -0.2) is 0 Å². The van der Waals surface area contributed by atoms with Gasteiger partial charge in [-0.2, -0.15) is 0 Å². The standard InChI is InChI=1S/C12H20N2O2/c1-2-13-7-8-14-11(15)9-5-3-4-6-10(9)12(14)16/h9-10,13H,2-8H2,1H3. The molecule has 1 saturated heterocycles. The van der Waals surface area contributed by atoms with Gasteiger partial charge in [0.15, 0.2) is 0 Å². The number of amides is 2. The van der Waals surface area contributed by atoms with Gasteiger partial charge in [0, 0.05) is 13.1 Å². The Morgan fingerprint density at radius 2 is 1.75 bits per heavy atom. The zero-order valence-electron chi connectivity index (χ0n) is 9.87. The van der Waals surface area contributed by atoms with Crippen molar-refractivity contribution in [3.05, 3.63) is 0 Å². The molecule has 0 aromatic heterocycles. The van der Waals surface area contributed by atoms with Gasteiger partial charge in [-0.15, -0.1) is 0 Å². The van der Waals surface area contributed by atoms with Crippen LogP contribution in [0, 0.1) is 11.8 Å². The average molecular weight is 224 g/mol. The molecule has 4 nitrogen and oxygen atoms in total. The Labute approximate surface area is 96.4 Å². The fourth-order valence-electron chi connectivity index (χ4n) is 2.82. The van der Waals surface area contributed by atoms with Gasteiger partial charge in [-0.05, 0) is 19.4 Å². The van der Waals surface area contributed by atoms with Crippen LogP contribution < -0.4 is 5.32 Å². The van der Waals surface area contributed by atoms with E-state index in [-0.39, 0.29) is 23.7 Å². The summed E-state index contributed by atoms with van der Waals surface area (Å²) in [7, 11) is 0. The first kappa shape index (κ1) is 11.6. The minimum atomic E-state index is 0.00266. The summed E-state index contributed by atoms with van der Waals surface area (Å²) in [5.41, 5.74) is 0. The van der Waals surface area contributed by atoms with Gasteiger partial charge in [0.1, 0.15) is 0 Å². The molecule has 2 fully saturated rings. The van der Waals surface area contributed by atoms with Gasteiger partial charge in [0.2, 0.25) is 11.8 Å². The maximum Gasteiger partial charge on any atom is 0.233 e. The van der Waals surface area contributed by atoms with Crippen molar-refractivity contribution in [1.82, 2.24) is 10.2 Å². The number of hydrogen-bond donors (Lipinski definition) is 1. The highest BCUT2D eigenvalue weighted by Crippen LogP contribution is 2.37. The quantitative estimate of drug-likeness (QED) is 0.567. The highest BCUT2D eigenvalue weighted by atomic mass is 16.2. The number of nitrogens with one attached hydrogen (secondary N) is 1. The third kappa shape index (κ3) is 1.98. The third-order valence-electron chi connectivity index (χ3n) is 3.69. The van der Waals surface area contributed by atoms with E-state index in [1.165, 1.54) is 4.90 Å². The summed E-state index contributed by atoms with van der Waals surface area (Å²) in [5, 5.41) is 3.15. The van der Waals surface area contributed by atoms with Crippen LogP contribution in [0.25, 0.3) is 0 Å². The Balaban J connectivity index is 1.98. The highest BCUT2D eigenvalue weighted by Gasteiger charge is 2.47. The number of likely N-dealkylation sites (tertiary alicyclic amines) is 1. The smallest absolute Gasteiger partial charge is 0.233 e. The Morgan fingerprint density at radius 1 is 1.19 bits per heavy atom. The molecule has 2 amide bonds. The summed E-state index contributed by atoms with van der Waals surface area (Å²) < 4.78 is 0. The van der Waals surface area contributed by atoms with E-state index in [9.17, 15) is 9.59 Å². The average Bonchev–Trinajstić information content (AvgIpc) is 2.55. The summed E-state index contributed by atoms with van der Waals surface area (Å²) in [6.07, 6.45) is 4.02. The first-order valence-electron chi connectivity index (χ1n) is 6.31. The molecule has 1 saturated carbocycles. The fourth-order valence-corrected chi connectivity index (χ4v) is 2.82. The second-order valence-corrected chi connectivity index (χ2v) is 4.68. The fraction of sp³-hybridized carbons (Fsp3) is 0.833. The minimum Gasteiger partial charge on any atom is -0.315 e. The van der Waals surface area contributed by atoms with Crippen molar-refractivity contribution < 1.29 is 9.59 Å². The predicted octanol–water partition coefficient (Wildman–Crippen LogP) is 0.771. The van der Waals surface area contributed by atoms with E-state index in [1.807, 2.05) is 6.92 Å². The van der Waals surface area contributed by atoms with Crippen molar-refractivity contribution in [1.29, 1.82) is 0 Å². The molecular formula is C12H20N2O2. The van der Waals surface area contributed by atoms with Gasteiger partial charge in [0.25, 0.3) is 0 Å². The second-order valence-electron chi connectivity index (χ2n) is 4.68. The van der Waals surface area contributed by atoms with Gasteiger partial charge in [-0.3, -0.25) is 14.5 Å². The Kier molecular flexibility index (Phi) is 3.59. The Morgan fingerprint density at radius 3 is 2.25 bits per heavy atom. The van der Waals surface area contributed by atoms with E-state index < -0.39 is 0 Å². The number of nitrogens with zero attached hydrogens (tertiary/aromatic N) is 1. The van der Waals surface area contributed by atoms with Crippen molar-refractivity contribution in [3.8, 4) is 0 Å². The molecule has 4 heteroatoms. The topological polar surface area (TPSA) is 49.4 Å². The van der Waals surface area contributed by atoms with Crippen LogP contribution in [0.2, 0.25) is 0 Å². The zero-order chi connectivity index (χ0) is 11.5. The van der Waals surface area contributed by atoms with Gasteiger partial charge < -0.3 is 5.32 Å². The Hall–Kier alpha value is -0.900. The van der Waals surface area contributed by atoms with Crippen molar-refractivity contribution >= 4 is 11.8 Å². The van der Waals surface area contributed by atoms with Crippen LogP contribution in [0.5, 0.6) is 0 Å². The van der Waals surface area contributed by atoms with Crippen LogP contribution in [0.4, 0.5) is 0 Å². The second kappa shape index (κ2) is 4.95. The molecule has 2 rings (SSSR count). The molecule has 1 aliphatic heterocycles. The normalized spacial score (nSPS) is 29.7. The molecule has 0 aromatic rings. The van der Waals surface area contributed by atoms with Gasteiger partial charge in [-0.1, -0.05) is 19.8 Å². The molecular weight excluding hydrogens is 204 g/mol. The van der Waals surface area contributed by atoms with E-state index in [0.29, 0.717) is 13.1 Å². The number of rotatable bonds is 4. The van der Waals surface area contributed by atoms with Crippen LogP contribution in [0.3, 0.4) is 0 Å². The zero-order valence-corrected chi connectivity index (χ0v) is 9.87. The van der Waals surface area contributed by atoms with Crippen molar-refractivity contribution in [3.63, 3.8) is 0 Å². The van der Waals surface area contributed by atoms with E-state index >= 15 is 0 Å². The molecule has 1 heterocycles. The van der Waals surface area contributed by atoms with Crippen molar-refractivity contribution in [2.24, 2.45) is 11.8 Å². The number of likely N-dealkylation sites (N-methyl/N-ethyl adjacent to an activating group) is 1. The largest absolute Gasteiger partial charge is 0.315 e. The third-order valence-corrected chi connectivity index (χ3v) is 3.69. The molecule has 16 heavy (non-hydrogen) atoms. The Bertz CT molecular complexity index is 267. The number of fused-ring (bicyclic) bond motifs is 1. The summed E-state index contributed by atoms with van der Waals surface area (Å²) in [6, 6.07) is 0. The lowest BCUT2D eigenvalue weighted by Crippen LogP contribution is -2.37. The van der Waals surface area contributed by atoms with Crippen LogP contribution >= 0.6 is 0 Å². The number of carbonyl (C=O) groups excluding carboxylic acids is 2. The maximum absolute atomic E-state index is 12.0. The summed E-state index contributed by atoms with van der Waals surface area (Å²) >= 11 is 0. The number of imide groups is 1. The van der Waals surface area contributed by atoms with E-state index in [4.69, 9.17) is 0 Å². The van der Waals surface area contributed by atoms with Crippen LogP contribution in [-0.2, 0) is 9.59 Å². The molecule has 1 N–H and O–H groups in total. The SMILES string of the molecule is CCNCCN1C(=O)C2CCCCC2C1=O. The molecule has 1 aliphatic carbocycles. The van der Waals surface area contributed by atoms with Gasteiger partial charge in [0.05, 0.1) is 11.8 Å². The van der Waals surface area contributed by atoms with Crippen LogP contribution in [0.15, 0.2) is 0 Å². The molecule has 0 radical (unpaired) electrons. The first-order valence-corrected chi connectivity index (χ1v) is 6.31. The summed E-state index contributed by atoms with van der Waals surface area (Å²) in [5.74, 6) is 0.158. The monoisotopic (exact) mass is 224 g/mol. The number of carbonyl (C=O) groups is 2. The van der Waals surface area contributed by atoms with Crippen molar-refractivity contribution in [2.75, 3.05) is 19.6 Å².